The number of fused-ring (bicyclic) bond motifs is 1. The predicted molar refractivity (Wildman–Crippen MR) is 154 cm³/mol. The highest BCUT2D eigenvalue weighted by Gasteiger charge is 2.55. The third kappa shape index (κ3) is 5.07. The van der Waals surface area contributed by atoms with Crippen LogP contribution >= 0.6 is 0 Å². The Kier molecular flexibility index (Phi) is 7.78. The monoisotopic (exact) mass is 533 g/mol. The van der Waals surface area contributed by atoms with Crippen LogP contribution in [-0.4, -0.2) is 44.4 Å². The summed E-state index contributed by atoms with van der Waals surface area (Å²) in [6, 6.07) is 27.6. The van der Waals surface area contributed by atoms with Gasteiger partial charge in [-0.15, -0.1) is 0 Å². The molecule has 4 atom stereocenters. The highest BCUT2D eigenvalue weighted by Crippen LogP contribution is 2.44. The Bertz CT molecular complexity index is 1150. The number of anilines is 1. The van der Waals surface area contributed by atoms with Crippen LogP contribution in [-0.2, 0) is 9.16 Å². The molecule has 2 fully saturated rings. The quantitative estimate of drug-likeness (QED) is 0.394. The van der Waals surface area contributed by atoms with Crippen molar-refractivity contribution >= 4 is 24.4 Å². The second-order valence-electron chi connectivity index (χ2n) is 11.9. The zero-order valence-corrected chi connectivity index (χ0v) is 23.7. The van der Waals surface area contributed by atoms with E-state index < -0.39 is 13.9 Å². The maximum atomic E-state index is 13.5. The minimum Gasteiger partial charge on any atom is -0.407 e. The van der Waals surface area contributed by atoms with Crippen molar-refractivity contribution in [3.05, 3.63) is 90.7 Å². The second-order valence-corrected chi connectivity index (χ2v) is 16.2. The number of aliphatic hydroxyl groups is 1. The van der Waals surface area contributed by atoms with E-state index in [4.69, 9.17) is 9.16 Å². The zero-order valence-electron chi connectivity index (χ0n) is 22.7. The van der Waals surface area contributed by atoms with Gasteiger partial charge in [0.15, 0.2) is 0 Å². The highest BCUT2D eigenvalue weighted by molar-refractivity contribution is 6.99. The maximum absolute atomic E-state index is 13.5. The van der Waals surface area contributed by atoms with Crippen LogP contribution in [0.4, 0.5) is 10.1 Å². The van der Waals surface area contributed by atoms with E-state index in [2.05, 4.69) is 86.8 Å². The fourth-order valence-corrected chi connectivity index (χ4v) is 11.3. The SMILES string of the molecule is CC(C)(C)[Si](OCC1CC[C@H](Nc2ccc(F)cc2)[C@]2(O)CCCOC12)(c1ccccc1)c1ccccc1. The third-order valence-electron chi connectivity index (χ3n) is 8.49. The fraction of sp³-hybridized carbons (Fsp3) is 0.438. The topological polar surface area (TPSA) is 50.7 Å². The van der Waals surface area contributed by atoms with Gasteiger partial charge in [-0.3, -0.25) is 0 Å². The molecule has 1 saturated heterocycles. The van der Waals surface area contributed by atoms with Gasteiger partial charge in [0.2, 0.25) is 0 Å². The van der Waals surface area contributed by atoms with Crippen LogP contribution in [0.5, 0.6) is 0 Å². The van der Waals surface area contributed by atoms with Crippen molar-refractivity contribution in [2.45, 2.75) is 69.2 Å². The highest BCUT2D eigenvalue weighted by atomic mass is 28.4. The molecule has 0 spiro atoms. The molecule has 1 aliphatic carbocycles. The molecule has 3 aromatic carbocycles. The summed E-state index contributed by atoms with van der Waals surface area (Å²) in [5, 5.41) is 17.9. The Morgan fingerprint density at radius 1 is 0.947 bits per heavy atom. The Balaban J connectivity index is 1.43. The van der Waals surface area contributed by atoms with Crippen LogP contribution in [0.2, 0.25) is 5.04 Å². The van der Waals surface area contributed by atoms with Crippen LogP contribution in [0.3, 0.4) is 0 Å². The zero-order chi connectivity index (χ0) is 26.8. The summed E-state index contributed by atoms with van der Waals surface area (Å²) in [7, 11) is -2.69. The second kappa shape index (κ2) is 10.9. The molecule has 0 radical (unpaired) electrons. The Morgan fingerprint density at radius 3 is 2.13 bits per heavy atom. The molecule has 2 N–H and O–H groups in total. The number of rotatable bonds is 7. The van der Waals surface area contributed by atoms with E-state index in [0.717, 1.165) is 24.9 Å². The molecule has 5 rings (SSSR count). The number of halogens is 1. The molecule has 1 saturated carbocycles. The minimum absolute atomic E-state index is 0.0771. The normalized spacial score (nSPS) is 26.0. The summed E-state index contributed by atoms with van der Waals surface area (Å²) in [6.07, 6.45) is 2.84. The van der Waals surface area contributed by atoms with Crippen molar-refractivity contribution in [1.82, 2.24) is 0 Å². The number of benzene rings is 3. The molecule has 6 heteroatoms. The van der Waals surface area contributed by atoms with E-state index in [1.165, 1.54) is 22.5 Å². The molecular weight excluding hydrogens is 493 g/mol. The van der Waals surface area contributed by atoms with Crippen LogP contribution in [0.1, 0.15) is 46.5 Å². The molecule has 2 aliphatic rings. The average molecular weight is 534 g/mol. The molecule has 3 aromatic rings. The van der Waals surface area contributed by atoms with Gasteiger partial charge in [-0.05, 0) is 65.4 Å². The summed E-state index contributed by atoms with van der Waals surface area (Å²) in [4.78, 5) is 0. The smallest absolute Gasteiger partial charge is 0.261 e. The summed E-state index contributed by atoms with van der Waals surface area (Å²) >= 11 is 0. The van der Waals surface area contributed by atoms with Gasteiger partial charge in [0.1, 0.15) is 11.4 Å². The van der Waals surface area contributed by atoms with Crippen LogP contribution in [0, 0.1) is 11.7 Å². The van der Waals surface area contributed by atoms with E-state index in [-0.39, 0.29) is 28.9 Å². The molecule has 0 aromatic heterocycles. The Labute approximate surface area is 227 Å². The van der Waals surface area contributed by atoms with Gasteiger partial charge in [0.05, 0.1) is 12.1 Å². The molecule has 2 unspecified atom stereocenters. The van der Waals surface area contributed by atoms with Crippen molar-refractivity contribution in [1.29, 1.82) is 0 Å². The van der Waals surface area contributed by atoms with Gasteiger partial charge in [-0.2, -0.15) is 0 Å². The molecule has 202 valence electrons. The molecule has 4 nitrogen and oxygen atoms in total. The van der Waals surface area contributed by atoms with Gasteiger partial charge >= 0.3 is 0 Å². The Hall–Kier alpha value is -2.51. The largest absolute Gasteiger partial charge is 0.407 e. The van der Waals surface area contributed by atoms with Crippen LogP contribution in [0.25, 0.3) is 0 Å². The van der Waals surface area contributed by atoms with E-state index in [0.29, 0.717) is 19.6 Å². The van der Waals surface area contributed by atoms with Crippen molar-refractivity contribution in [3.63, 3.8) is 0 Å². The number of hydrogen-bond donors (Lipinski definition) is 2. The number of ether oxygens (including phenoxy) is 1. The lowest BCUT2D eigenvalue weighted by atomic mass is 9.69. The van der Waals surface area contributed by atoms with E-state index >= 15 is 0 Å². The van der Waals surface area contributed by atoms with Gasteiger partial charge in [-0.25, -0.2) is 4.39 Å². The van der Waals surface area contributed by atoms with Gasteiger partial charge in [0, 0.05) is 24.8 Å². The van der Waals surface area contributed by atoms with Crippen molar-refractivity contribution in [2.75, 3.05) is 18.5 Å². The van der Waals surface area contributed by atoms with Crippen LogP contribution in [0.15, 0.2) is 84.9 Å². The van der Waals surface area contributed by atoms with E-state index in [1.807, 2.05) is 0 Å². The first kappa shape index (κ1) is 27.1. The molecule has 1 aliphatic heterocycles. The maximum Gasteiger partial charge on any atom is 0.261 e. The van der Waals surface area contributed by atoms with Crippen LogP contribution < -0.4 is 15.7 Å². The van der Waals surface area contributed by atoms with Gasteiger partial charge in [0.25, 0.3) is 8.32 Å². The first-order valence-corrected chi connectivity index (χ1v) is 15.8. The summed E-state index contributed by atoms with van der Waals surface area (Å²) in [6.45, 7) is 8.04. The minimum atomic E-state index is -2.69. The molecular formula is C32H40FNO3Si. The third-order valence-corrected chi connectivity index (χ3v) is 13.5. The molecule has 0 bridgehead atoms. The van der Waals surface area contributed by atoms with Gasteiger partial charge in [-0.1, -0.05) is 81.4 Å². The fourth-order valence-electron chi connectivity index (χ4n) is 6.66. The standard InChI is InChI=1S/C32H40FNO3Si/c1-31(2,3)38(27-11-6-4-7-12-27,28-13-8-5-9-14-28)37-23-24-15-20-29(32(35)21-10-22-36-30(24)32)34-26-18-16-25(33)17-19-26/h4-9,11-14,16-19,24,29-30,34-35H,10,15,20-23H2,1-3H3/t24?,29-,30?,32+/m0/s1. The lowest BCUT2D eigenvalue weighted by molar-refractivity contribution is -0.194. The molecule has 1 heterocycles. The number of hydrogen-bond acceptors (Lipinski definition) is 4. The first-order chi connectivity index (χ1) is 18.2. The lowest BCUT2D eigenvalue weighted by Gasteiger charge is -2.53. The Morgan fingerprint density at radius 2 is 1.55 bits per heavy atom. The first-order valence-electron chi connectivity index (χ1n) is 13.9. The van der Waals surface area contributed by atoms with Crippen molar-refractivity contribution in [2.24, 2.45) is 5.92 Å². The molecule has 0 amide bonds. The van der Waals surface area contributed by atoms with Crippen molar-refractivity contribution in [3.8, 4) is 0 Å². The van der Waals surface area contributed by atoms with Gasteiger partial charge < -0.3 is 19.6 Å². The summed E-state index contributed by atoms with van der Waals surface area (Å²) in [5.41, 5.74) is -0.194. The summed E-state index contributed by atoms with van der Waals surface area (Å²) in [5.74, 6) is -0.189. The summed E-state index contributed by atoms with van der Waals surface area (Å²) < 4.78 is 27.0. The van der Waals surface area contributed by atoms with E-state index in [1.54, 1.807) is 12.1 Å². The van der Waals surface area contributed by atoms with Crippen molar-refractivity contribution < 1.29 is 18.7 Å². The number of nitrogens with one attached hydrogen (secondary N) is 1. The lowest BCUT2D eigenvalue weighted by Crippen LogP contribution is -2.68. The average Bonchev–Trinajstić information content (AvgIpc) is 2.91. The molecule has 38 heavy (non-hydrogen) atoms. The predicted octanol–water partition coefficient (Wildman–Crippen LogP) is 5.50. The van der Waals surface area contributed by atoms with E-state index in [9.17, 15) is 9.50 Å².